The molecular formula is C19H17N3O4. The van der Waals surface area contributed by atoms with E-state index in [0.717, 1.165) is 5.52 Å². The fraction of sp³-hybridized carbons (Fsp3) is 0.211. The quantitative estimate of drug-likeness (QED) is 0.558. The van der Waals surface area contributed by atoms with Gasteiger partial charge in [-0.2, -0.15) is 0 Å². The largest absolute Gasteiger partial charge is 0.508 e. The summed E-state index contributed by atoms with van der Waals surface area (Å²) in [6.45, 7) is 1.85. The van der Waals surface area contributed by atoms with Crippen molar-refractivity contribution in [2.45, 2.75) is 13.0 Å². The van der Waals surface area contributed by atoms with Crippen LogP contribution in [0.3, 0.4) is 0 Å². The van der Waals surface area contributed by atoms with Gasteiger partial charge in [0.2, 0.25) is 11.9 Å². The summed E-state index contributed by atoms with van der Waals surface area (Å²) >= 11 is 0. The Morgan fingerprint density at radius 3 is 2.73 bits per heavy atom. The number of hydrogen-bond acceptors (Lipinski definition) is 5. The number of carbonyl (C=O) groups excluding carboxylic acids is 2. The number of nitrogens with zero attached hydrogens (tertiary/aromatic N) is 2. The number of hydrogen-bond donors (Lipinski definition) is 2. The number of fused-ring (bicyclic) bond motifs is 3. The molecule has 0 unspecified atom stereocenters. The van der Waals surface area contributed by atoms with E-state index in [-0.39, 0.29) is 12.4 Å². The van der Waals surface area contributed by atoms with Gasteiger partial charge in [0.15, 0.2) is 5.92 Å². The van der Waals surface area contributed by atoms with E-state index < -0.39 is 23.8 Å². The first-order valence-electron chi connectivity index (χ1n) is 8.34. The van der Waals surface area contributed by atoms with E-state index in [0.29, 0.717) is 17.0 Å². The molecule has 0 saturated heterocycles. The summed E-state index contributed by atoms with van der Waals surface area (Å²) in [4.78, 5) is 29.7. The number of rotatable bonds is 3. The maximum Gasteiger partial charge on any atom is 0.321 e. The van der Waals surface area contributed by atoms with Crippen molar-refractivity contribution in [3.05, 3.63) is 54.1 Å². The lowest BCUT2D eigenvalue weighted by Crippen LogP contribution is -2.43. The molecule has 132 valence electrons. The van der Waals surface area contributed by atoms with Crippen molar-refractivity contribution < 1.29 is 19.4 Å². The maximum atomic E-state index is 12.7. The number of ether oxygens (including phenoxy) is 1. The van der Waals surface area contributed by atoms with Crippen molar-refractivity contribution in [2.75, 3.05) is 11.9 Å². The van der Waals surface area contributed by atoms with E-state index >= 15 is 0 Å². The molecule has 0 saturated carbocycles. The minimum absolute atomic E-state index is 0.00484. The Morgan fingerprint density at radius 1 is 1.23 bits per heavy atom. The molecule has 7 nitrogen and oxygen atoms in total. The number of benzene rings is 2. The monoisotopic (exact) mass is 351 g/mol. The summed E-state index contributed by atoms with van der Waals surface area (Å²) in [6.07, 6.45) is 0. The van der Waals surface area contributed by atoms with Gasteiger partial charge in [-0.3, -0.25) is 14.9 Å². The minimum Gasteiger partial charge on any atom is -0.508 e. The lowest BCUT2D eigenvalue weighted by molar-refractivity contribution is -0.152. The van der Waals surface area contributed by atoms with E-state index in [4.69, 9.17) is 4.74 Å². The summed E-state index contributed by atoms with van der Waals surface area (Å²) in [5.74, 6) is -1.93. The second-order valence-electron chi connectivity index (χ2n) is 6.02. The predicted octanol–water partition coefficient (Wildman–Crippen LogP) is 2.46. The number of carbonyl (C=O) groups is 2. The molecule has 0 bridgehead atoms. The van der Waals surface area contributed by atoms with Gasteiger partial charge >= 0.3 is 5.97 Å². The van der Waals surface area contributed by atoms with Crippen molar-refractivity contribution in [1.82, 2.24) is 9.55 Å². The van der Waals surface area contributed by atoms with Gasteiger partial charge < -0.3 is 14.4 Å². The van der Waals surface area contributed by atoms with E-state index in [1.807, 2.05) is 24.3 Å². The third kappa shape index (κ3) is 2.40. The third-order valence-electron chi connectivity index (χ3n) is 4.50. The van der Waals surface area contributed by atoms with Gasteiger partial charge in [0.05, 0.1) is 23.7 Å². The summed E-state index contributed by atoms with van der Waals surface area (Å²) in [5, 5.41) is 13.1. The number of phenols is 1. The molecule has 0 radical (unpaired) electrons. The molecular weight excluding hydrogens is 334 g/mol. The molecule has 2 heterocycles. The van der Waals surface area contributed by atoms with Gasteiger partial charge in [-0.25, -0.2) is 4.98 Å². The molecule has 26 heavy (non-hydrogen) atoms. The normalized spacial score (nSPS) is 19.0. The van der Waals surface area contributed by atoms with Crippen LogP contribution in [0.2, 0.25) is 0 Å². The van der Waals surface area contributed by atoms with Crippen molar-refractivity contribution in [3.8, 4) is 5.75 Å². The average molecular weight is 351 g/mol. The number of nitrogens with one attached hydrogen (secondary N) is 1. The van der Waals surface area contributed by atoms with Gasteiger partial charge in [-0.1, -0.05) is 30.3 Å². The predicted molar refractivity (Wildman–Crippen MR) is 94.7 cm³/mol. The first kappa shape index (κ1) is 16.1. The molecule has 3 aromatic rings. The van der Waals surface area contributed by atoms with Crippen LogP contribution in [-0.2, 0) is 14.3 Å². The molecule has 1 amide bonds. The Balaban J connectivity index is 1.99. The third-order valence-corrected chi connectivity index (χ3v) is 4.50. The van der Waals surface area contributed by atoms with Crippen LogP contribution in [0.5, 0.6) is 5.75 Å². The number of phenolic OH excluding ortho intramolecular Hbond substituents is 1. The molecule has 0 fully saturated rings. The van der Waals surface area contributed by atoms with Crippen LogP contribution in [0.15, 0.2) is 48.5 Å². The minimum atomic E-state index is -1.13. The fourth-order valence-electron chi connectivity index (χ4n) is 3.42. The zero-order valence-electron chi connectivity index (χ0n) is 14.0. The number of aromatic nitrogens is 2. The zero-order chi connectivity index (χ0) is 18.3. The number of imidazole rings is 1. The fourth-order valence-corrected chi connectivity index (χ4v) is 3.42. The van der Waals surface area contributed by atoms with Crippen molar-refractivity contribution >= 4 is 28.9 Å². The smallest absolute Gasteiger partial charge is 0.321 e. The first-order chi connectivity index (χ1) is 12.6. The molecule has 1 aromatic heterocycles. The Labute approximate surface area is 149 Å². The van der Waals surface area contributed by atoms with Gasteiger partial charge in [0.1, 0.15) is 5.75 Å². The number of anilines is 1. The van der Waals surface area contributed by atoms with Crippen LogP contribution < -0.4 is 5.32 Å². The van der Waals surface area contributed by atoms with Gasteiger partial charge in [0.25, 0.3) is 0 Å². The summed E-state index contributed by atoms with van der Waals surface area (Å²) < 4.78 is 6.90. The summed E-state index contributed by atoms with van der Waals surface area (Å²) in [7, 11) is 0. The number of aromatic hydroxyl groups is 1. The van der Waals surface area contributed by atoms with E-state index in [9.17, 15) is 14.7 Å². The van der Waals surface area contributed by atoms with Gasteiger partial charge in [-0.15, -0.1) is 0 Å². The van der Waals surface area contributed by atoms with E-state index in [1.54, 1.807) is 29.7 Å². The second-order valence-corrected chi connectivity index (χ2v) is 6.02. The molecule has 1 aliphatic heterocycles. The molecule has 2 N–H and O–H groups in total. The van der Waals surface area contributed by atoms with Crippen molar-refractivity contribution in [2.24, 2.45) is 5.92 Å². The highest BCUT2D eigenvalue weighted by atomic mass is 16.5. The van der Waals surface area contributed by atoms with Crippen LogP contribution >= 0.6 is 0 Å². The second kappa shape index (κ2) is 6.18. The van der Waals surface area contributed by atoms with Crippen molar-refractivity contribution in [1.29, 1.82) is 0 Å². The molecule has 1 aliphatic rings. The van der Waals surface area contributed by atoms with Crippen LogP contribution in [-0.4, -0.2) is 33.1 Å². The molecule has 2 aromatic carbocycles. The number of amides is 1. The van der Waals surface area contributed by atoms with Crippen LogP contribution in [0, 0.1) is 5.92 Å². The standard InChI is InChI=1S/C19H17N3O4/c1-2-26-18(25)15-16(11-7-3-6-10-14(11)23)22-13-9-5-4-8-12(13)20-19(22)21-17(15)24/h3-10,15-16,23H,2H2,1H3,(H,20,21,24)/t15-,16+/m0/s1. The highest BCUT2D eigenvalue weighted by Crippen LogP contribution is 2.41. The van der Waals surface area contributed by atoms with Crippen LogP contribution in [0.25, 0.3) is 11.0 Å². The highest BCUT2D eigenvalue weighted by molar-refractivity contribution is 6.07. The lowest BCUT2D eigenvalue weighted by atomic mass is 9.89. The molecule has 2 atom stereocenters. The number of esters is 1. The van der Waals surface area contributed by atoms with E-state index in [2.05, 4.69) is 10.3 Å². The molecule has 4 rings (SSSR count). The van der Waals surface area contributed by atoms with Crippen LogP contribution in [0.4, 0.5) is 5.95 Å². The average Bonchev–Trinajstić information content (AvgIpc) is 2.99. The van der Waals surface area contributed by atoms with Gasteiger partial charge in [-0.05, 0) is 25.1 Å². The van der Waals surface area contributed by atoms with E-state index in [1.165, 1.54) is 6.07 Å². The number of para-hydroxylation sites is 3. The topological polar surface area (TPSA) is 93.5 Å². The van der Waals surface area contributed by atoms with Crippen LogP contribution in [0.1, 0.15) is 18.5 Å². The first-order valence-corrected chi connectivity index (χ1v) is 8.34. The Kier molecular flexibility index (Phi) is 3.84. The zero-order valence-corrected chi connectivity index (χ0v) is 14.0. The summed E-state index contributed by atoms with van der Waals surface area (Å²) in [6, 6.07) is 13.3. The SMILES string of the molecule is CCOC(=O)[C@@H]1C(=O)Nc2nc3ccccc3n2[C@@H]1c1ccccc1O. The Morgan fingerprint density at radius 2 is 1.96 bits per heavy atom. The Bertz CT molecular complexity index is 1010. The molecule has 7 heteroatoms. The maximum absolute atomic E-state index is 12.7. The molecule has 0 aliphatic carbocycles. The summed E-state index contributed by atoms with van der Waals surface area (Å²) in [5.41, 5.74) is 1.91. The highest BCUT2D eigenvalue weighted by Gasteiger charge is 2.44. The molecule has 0 spiro atoms. The van der Waals surface area contributed by atoms with Gasteiger partial charge in [0, 0.05) is 5.56 Å². The van der Waals surface area contributed by atoms with Crippen molar-refractivity contribution in [3.63, 3.8) is 0 Å². The Hall–Kier alpha value is -3.35. The lowest BCUT2D eigenvalue weighted by Gasteiger charge is -2.32.